The number of benzene rings is 1. The number of nitrogens with one attached hydrogen (secondary N) is 1. The minimum atomic E-state index is -0.612. The minimum Gasteiger partial charge on any atom is -0.491 e. The molecule has 130 valence electrons. The lowest BCUT2D eigenvalue weighted by Gasteiger charge is -2.21. The van der Waals surface area contributed by atoms with Crippen LogP contribution in [0, 0.1) is 11.2 Å². The molecule has 2 amide bonds. The van der Waals surface area contributed by atoms with Crippen LogP contribution in [0.3, 0.4) is 0 Å². The summed E-state index contributed by atoms with van der Waals surface area (Å²) in [4.78, 5) is 24.8. The van der Waals surface area contributed by atoms with E-state index in [0.717, 1.165) is 11.0 Å². The number of hydrogen-bond acceptors (Lipinski definition) is 5. The van der Waals surface area contributed by atoms with Gasteiger partial charge in [0, 0.05) is 6.08 Å². The Morgan fingerprint density at radius 1 is 1.29 bits per heavy atom. The van der Waals surface area contributed by atoms with Crippen molar-refractivity contribution in [2.45, 2.75) is 20.8 Å². The van der Waals surface area contributed by atoms with E-state index in [2.05, 4.69) is 5.32 Å². The summed E-state index contributed by atoms with van der Waals surface area (Å²) in [5, 5.41) is 11.6. The van der Waals surface area contributed by atoms with Crippen LogP contribution >= 0.6 is 0 Å². The number of aliphatic hydroxyl groups is 1. The topological polar surface area (TPSA) is 78.9 Å². The molecular weight excluding hydrogens is 315 g/mol. The number of β-amino-alcohol motifs (C(OH)–C–C–N with tert-alkyl or cyclic N) is 1. The first kappa shape index (κ1) is 17.9. The van der Waals surface area contributed by atoms with Crippen molar-refractivity contribution in [3.05, 3.63) is 35.8 Å². The highest BCUT2D eigenvalue weighted by molar-refractivity contribution is 6.17. The highest BCUT2D eigenvalue weighted by Crippen LogP contribution is 2.31. The molecule has 7 heteroatoms. The molecule has 0 radical (unpaired) electrons. The fourth-order valence-corrected chi connectivity index (χ4v) is 2.08. The Hall–Kier alpha value is -2.41. The van der Waals surface area contributed by atoms with Gasteiger partial charge in [0.05, 0.1) is 19.8 Å². The van der Waals surface area contributed by atoms with E-state index in [1.54, 1.807) is 6.07 Å². The lowest BCUT2D eigenvalue weighted by molar-refractivity contribution is -0.137. The van der Waals surface area contributed by atoms with Gasteiger partial charge in [-0.2, -0.15) is 0 Å². The number of halogens is 1. The molecular formula is C17H21FN2O4. The van der Waals surface area contributed by atoms with E-state index in [9.17, 15) is 14.0 Å². The third-order valence-corrected chi connectivity index (χ3v) is 3.23. The van der Waals surface area contributed by atoms with Gasteiger partial charge < -0.3 is 15.2 Å². The Bertz CT molecular complexity index is 680. The summed E-state index contributed by atoms with van der Waals surface area (Å²) in [5.41, 5.74) is -0.181. The van der Waals surface area contributed by atoms with Crippen LogP contribution in [-0.2, 0) is 9.59 Å². The number of aliphatic hydroxyl groups excluding tert-OH is 1. The van der Waals surface area contributed by atoms with Crippen molar-refractivity contribution in [1.29, 1.82) is 0 Å². The second kappa shape index (κ2) is 7.00. The van der Waals surface area contributed by atoms with Crippen molar-refractivity contribution >= 4 is 17.5 Å². The summed E-state index contributed by atoms with van der Waals surface area (Å²) in [6.07, 6.45) is 1.08. The van der Waals surface area contributed by atoms with Crippen LogP contribution in [0.25, 0.3) is 0 Å². The zero-order valence-corrected chi connectivity index (χ0v) is 13.9. The zero-order chi connectivity index (χ0) is 17.9. The zero-order valence-electron chi connectivity index (χ0n) is 13.9. The number of imide groups is 1. The fourth-order valence-electron chi connectivity index (χ4n) is 2.08. The molecule has 0 saturated heterocycles. The van der Waals surface area contributed by atoms with Crippen molar-refractivity contribution in [3.8, 4) is 5.75 Å². The number of rotatable bonds is 6. The number of anilines is 1. The lowest BCUT2D eigenvalue weighted by atomic mass is 9.99. The first-order chi connectivity index (χ1) is 11.2. The predicted octanol–water partition coefficient (Wildman–Crippen LogP) is 1.91. The molecule has 1 aliphatic rings. The summed E-state index contributed by atoms with van der Waals surface area (Å²) in [5.74, 6) is -1.50. The molecule has 0 aliphatic carbocycles. The highest BCUT2D eigenvalue weighted by Gasteiger charge is 2.31. The van der Waals surface area contributed by atoms with Gasteiger partial charge in [-0.3, -0.25) is 14.5 Å². The van der Waals surface area contributed by atoms with Gasteiger partial charge in [-0.05, 0) is 17.5 Å². The van der Waals surface area contributed by atoms with E-state index in [4.69, 9.17) is 9.84 Å². The van der Waals surface area contributed by atoms with Gasteiger partial charge in [0.25, 0.3) is 11.8 Å². The van der Waals surface area contributed by atoms with E-state index in [-0.39, 0.29) is 35.7 Å². The predicted molar refractivity (Wildman–Crippen MR) is 86.9 cm³/mol. The molecule has 1 aromatic carbocycles. The van der Waals surface area contributed by atoms with Crippen LogP contribution in [0.1, 0.15) is 20.8 Å². The van der Waals surface area contributed by atoms with Crippen LogP contribution in [-0.4, -0.2) is 41.6 Å². The van der Waals surface area contributed by atoms with Crippen LogP contribution in [0.5, 0.6) is 5.75 Å². The average Bonchev–Trinajstić information content (AvgIpc) is 2.75. The molecule has 1 heterocycles. The normalized spacial score (nSPS) is 14.9. The molecule has 2 N–H and O–H groups in total. The second-order valence-electron chi connectivity index (χ2n) is 6.66. The molecule has 1 aromatic rings. The van der Waals surface area contributed by atoms with Crippen LogP contribution in [0.2, 0.25) is 0 Å². The van der Waals surface area contributed by atoms with Crippen molar-refractivity contribution in [1.82, 2.24) is 4.90 Å². The van der Waals surface area contributed by atoms with Gasteiger partial charge in [0.15, 0.2) is 0 Å². The Morgan fingerprint density at radius 3 is 2.62 bits per heavy atom. The van der Waals surface area contributed by atoms with Crippen molar-refractivity contribution in [3.63, 3.8) is 0 Å². The molecule has 0 atom stereocenters. The first-order valence-electron chi connectivity index (χ1n) is 7.59. The fraction of sp³-hybridized carbons (Fsp3) is 0.412. The molecule has 24 heavy (non-hydrogen) atoms. The van der Waals surface area contributed by atoms with Crippen molar-refractivity contribution in [2.24, 2.45) is 5.41 Å². The van der Waals surface area contributed by atoms with Gasteiger partial charge in [-0.15, -0.1) is 0 Å². The van der Waals surface area contributed by atoms with Gasteiger partial charge in [-0.25, -0.2) is 4.39 Å². The SMILES string of the molecule is CC(C)(C)COc1cccc(F)c1NC1=CC(=O)N(CCO)C1=O. The molecule has 0 saturated carbocycles. The van der Waals surface area contributed by atoms with E-state index < -0.39 is 17.6 Å². The Labute approximate surface area is 139 Å². The number of ether oxygens (including phenoxy) is 1. The molecule has 2 rings (SSSR count). The number of amides is 2. The number of nitrogens with zero attached hydrogens (tertiary/aromatic N) is 1. The summed E-state index contributed by atoms with van der Waals surface area (Å²) >= 11 is 0. The Morgan fingerprint density at radius 2 is 2.00 bits per heavy atom. The molecule has 6 nitrogen and oxygen atoms in total. The highest BCUT2D eigenvalue weighted by atomic mass is 19.1. The van der Waals surface area contributed by atoms with Gasteiger partial charge >= 0.3 is 0 Å². The van der Waals surface area contributed by atoms with Gasteiger partial charge in [0.1, 0.15) is 23.0 Å². The summed E-state index contributed by atoms with van der Waals surface area (Å²) < 4.78 is 19.8. The van der Waals surface area contributed by atoms with E-state index in [0.29, 0.717) is 6.61 Å². The van der Waals surface area contributed by atoms with Crippen LogP contribution < -0.4 is 10.1 Å². The van der Waals surface area contributed by atoms with Gasteiger partial charge in [-0.1, -0.05) is 26.8 Å². The second-order valence-corrected chi connectivity index (χ2v) is 6.66. The first-order valence-corrected chi connectivity index (χ1v) is 7.59. The Balaban J connectivity index is 2.22. The molecule has 0 bridgehead atoms. The van der Waals surface area contributed by atoms with E-state index in [1.165, 1.54) is 12.1 Å². The molecule has 0 spiro atoms. The van der Waals surface area contributed by atoms with Crippen LogP contribution in [0.15, 0.2) is 30.0 Å². The lowest BCUT2D eigenvalue weighted by Crippen LogP contribution is -2.34. The van der Waals surface area contributed by atoms with E-state index >= 15 is 0 Å². The standard InChI is InChI=1S/C17H21FN2O4/c1-17(2,3)10-24-13-6-4-5-11(18)15(13)19-12-9-14(22)20(7-8-21)16(12)23/h4-6,9,19,21H,7-8,10H2,1-3H3. The van der Waals surface area contributed by atoms with Crippen LogP contribution in [0.4, 0.5) is 10.1 Å². The molecule has 0 unspecified atom stereocenters. The quantitative estimate of drug-likeness (QED) is 0.776. The third-order valence-electron chi connectivity index (χ3n) is 3.23. The molecule has 0 fully saturated rings. The molecule has 0 aromatic heterocycles. The summed E-state index contributed by atoms with van der Waals surface area (Å²) in [6, 6.07) is 4.33. The number of carbonyl (C=O) groups is 2. The Kier molecular flexibility index (Phi) is 5.23. The minimum absolute atomic E-state index is 0.00000142. The molecule has 1 aliphatic heterocycles. The average molecular weight is 336 g/mol. The summed E-state index contributed by atoms with van der Waals surface area (Å²) in [7, 11) is 0. The maximum absolute atomic E-state index is 14.2. The maximum Gasteiger partial charge on any atom is 0.277 e. The number of para-hydroxylation sites is 1. The third kappa shape index (κ3) is 4.11. The van der Waals surface area contributed by atoms with E-state index in [1.807, 2.05) is 20.8 Å². The largest absolute Gasteiger partial charge is 0.491 e. The maximum atomic E-state index is 14.2. The number of carbonyl (C=O) groups excluding carboxylic acids is 2. The smallest absolute Gasteiger partial charge is 0.277 e. The van der Waals surface area contributed by atoms with Gasteiger partial charge in [0.2, 0.25) is 0 Å². The summed E-state index contributed by atoms with van der Waals surface area (Å²) in [6.45, 7) is 5.85. The number of hydrogen-bond donors (Lipinski definition) is 2. The van der Waals surface area contributed by atoms with Crippen molar-refractivity contribution in [2.75, 3.05) is 25.1 Å². The monoisotopic (exact) mass is 336 g/mol. The van der Waals surface area contributed by atoms with Crippen molar-refractivity contribution < 1.29 is 23.8 Å².